The van der Waals surface area contributed by atoms with E-state index in [2.05, 4.69) is 5.32 Å². The SMILES string of the molecule is Cc1cc([C@H]2C3=CC[C@@H]4C(=O)NC(=O)[C@@H]4[C@@H]3C[C@H]3C(=O)N(c4cc(-c5sc6ccc(Cl)cc6c5C)nn4C)C(=O)[C@@]23C)cc(C)c1O. The number of thiophene rings is 1. The van der Waals surface area contributed by atoms with Gasteiger partial charge in [-0.1, -0.05) is 35.4 Å². The molecule has 2 saturated heterocycles. The fourth-order valence-electron chi connectivity index (χ4n) is 8.90. The number of hydrogen-bond donors (Lipinski definition) is 2. The number of amides is 4. The molecule has 1 saturated carbocycles. The molecule has 8 rings (SSSR count). The number of nitrogens with one attached hydrogen (secondary N) is 1. The average Bonchev–Trinajstić information content (AvgIpc) is 3.71. The quantitative estimate of drug-likeness (QED) is 0.201. The van der Waals surface area contributed by atoms with E-state index in [1.54, 1.807) is 29.1 Å². The van der Waals surface area contributed by atoms with Gasteiger partial charge in [-0.15, -0.1) is 11.3 Å². The van der Waals surface area contributed by atoms with E-state index in [1.165, 1.54) is 4.90 Å². The second-order valence-electron chi connectivity index (χ2n) is 13.7. The minimum atomic E-state index is -1.18. The van der Waals surface area contributed by atoms with E-state index < -0.39 is 29.1 Å². The Kier molecular flexibility index (Phi) is 6.47. The standard InChI is InChI=1S/C36H33ClN4O5S/c1-15-10-18(11-16(2)30(15)42)29-20-7-8-21-28(33(44)38-32(21)43)23(20)13-24-34(45)41(35(46)36(24,29)4)27-14-25(39-40(27)5)31-17(3)22-12-19(37)6-9-26(22)47-31/h6-7,9-12,14,21,23-24,28-29,42H,8,13H2,1-5H3,(H,38,43,44)/t21-,23+,24-,28-,29-,36+/m0/s1. The van der Waals surface area contributed by atoms with E-state index in [4.69, 9.17) is 16.7 Å². The fourth-order valence-corrected chi connectivity index (χ4v) is 10.2. The monoisotopic (exact) mass is 668 g/mol. The number of nitrogens with zero attached hydrogens (tertiary/aromatic N) is 3. The Balaban J connectivity index is 1.27. The number of allylic oxidation sites excluding steroid dienone is 2. The largest absolute Gasteiger partial charge is 0.507 e. The summed E-state index contributed by atoms with van der Waals surface area (Å²) in [7, 11) is 1.73. The number of aromatic hydroxyl groups is 1. The molecule has 6 atom stereocenters. The van der Waals surface area contributed by atoms with Crippen molar-refractivity contribution in [2.45, 2.75) is 46.5 Å². The van der Waals surface area contributed by atoms with Crippen molar-refractivity contribution in [3.8, 4) is 16.3 Å². The van der Waals surface area contributed by atoms with E-state index in [0.29, 0.717) is 34.1 Å². The van der Waals surface area contributed by atoms with Crippen molar-refractivity contribution in [1.82, 2.24) is 15.1 Å². The highest BCUT2D eigenvalue weighted by molar-refractivity contribution is 7.22. The van der Waals surface area contributed by atoms with Crippen LogP contribution < -0.4 is 10.2 Å². The fraction of sp³-hybridized carbons (Fsp3) is 0.361. The number of fused-ring (bicyclic) bond motifs is 5. The van der Waals surface area contributed by atoms with Crippen LogP contribution in [-0.4, -0.2) is 38.5 Å². The van der Waals surface area contributed by atoms with Gasteiger partial charge in [-0.2, -0.15) is 5.10 Å². The number of halogens is 1. The zero-order chi connectivity index (χ0) is 33.3. The Labute approximate surface area is 280 Å². The lowest BCUT2D eigenvalue weighted by Gasteiger charge is -2.49. The lowest BCUT2D eigenvalue weighted by molar-refractivity contribution is -0.131. The summed E-state index contributed by atoms with van der Waals surface area (Å²) in [5, 5.41) is 19.6. The number of aromatic nitrogens is 2. The van der Waals surface area contributed by atoms with Crippen LogP contribution in [0.15, 0.2) is 48.0 Å². The van der Waals surface area contributed by atoms with Gasteiger partial charge in [0.25, 0.3) is 0 Å². The van der Waals surface area contributed by atoms with E-state index in [9.17, 15) is 24.3 Å². The van der Waals surface area contributed by atoms with Crippen LogP contribution in [0.3, 0.4) is 0 Å². The summed E-state index contributed by atoms with van der Waals surface area (Å²) in [6.07, 6.45) is 2.68. The van der Waals surface area contributed by atoms with Gasteiger partial charge in [0.2, 0.25) is 23.6 Å². The van der Waals surface area contributed by atoms with Crippen LogP contribution in [0, 0.1) is 49.9 Å². The normalized spacial score (nSPS) is 28.4. The number of anilines is 1. The third-order valence-electron chi connectivity index (χ3n) is 11.2. The highest BCUT2D eigenvalue weighted by atomic mass is 35.5. The first-order chi connectivity index (χ1) is 22.3. The van der Waals surface area contributed by atoms with E-state index >= 15 is 0 Å². The van der Waals surface area contributed by atoms with Gasteiger partial charge < -0.3 is 5.11 Å². The van der Waals surface area contributed by atoms with Gasteiger partial charge in [-0.25, -0.2) is 4.90 Å². The van der Waals surface area contributed by atoms with E-state index in [-0.39, 0.29) is 41.7 Å². The second-order valence-corrected chi connectivity index (χ2v) is 15.2. The van der Waals surface area contributed by atoms with Crippen molar-refractivity contribution in [3.05, 3.63) is 75.3 Å². The topological polar surface area (TPSA) is 122 Å². The van der Waals surface area contributed by atoms with Crippen molar-refractivity contribution in [1.29, 1.82) is 0 Å². The van der Waals surface area contributed by atoms with Gasteiger partial charge in [-0.3, -0.25) is 29.2 Å². The van der Waals surface area contributed by atoms with Crippen molar-refractivity contribution in [2.24, 2.45) is 36.1 Å². The molecule has 4 amide bonds. The maximum Gasteiger partial charge on any atom is 0.242 e. The lowest BCUT2D eigenvalue weighted by Crippen LogP contribution is -2.48. The third kappa shape index (κ3) is 4.04. The zero-order valence-electron chi connectivity index (χ0n) is 26.6. The minimum absolute atomic E-state index is 0.179. The molecular weight excluding hydrogens is 636 g/mol. The number of carbonyl (C=O) groups excluding carboxylic acids is 4. The van der Waals surface area contributed by atoms with Gasteiger partial charge in [-0.05, 0) is 92.3 Å². The third-order valence-corrected chi connectivity index (χ3v) is 12.7. The van der Waals surface area contributed by atoms with Crippen LogP contribution >= 0.6 is 22.9 Å². The van der Waals surface area contributed by atoms with Gasteiger partial charge in [0, 0.05) is 28.8 Å². The first kappa shape index (κ1) is 30.1. The number of imide groups is 2. The Morgan fingerprint density at radius 1 is 1.02 bits per heavy atom. The molecule has 9 nitrogen and oxygen atoms in total. The average molecular weight is 669 g/mol. The molecule has 2 aromatic heterocycles. The maximum absolute atomic E-state index is 14.9. The molecule has 0 spiro atoms. The summed E-state index contributed by atoms with van der Waals surface area (Å²) < 4.78 is 2.64. The highest BCUT2D eigenvalue weighted by Gasteiger charge is 2.67. The number of carbonyl (C=O) groups is 4. The number of rotatable bonds is 3. The summed E-state index contributed by atoms with van der Waals surface area (Å²) in [5.41, 5.74) is 3.52. The number of phenols is 1. The van der Waals surface area contributed by atoms with Gasteiger partial charge >= 0.3 is 0 Å². The molecular formula is C36H33ClN4O5S. The minimum Gasteiger partial charge on any atom is -0.507 e. The summed E-state index contributed by atoms with van der Waals surface area (Å²) in [4.78, 5) is 57.6. The molecule has 0 unspecified atom stereocenters. The van der Waals surface area contributed by atoms with Crippen LogP contribution in [0.5, 0.6) is 5.75 Å². The van der Waals surface area contributed by atoms with Gasteiger partial charge in [0.05, 0.1) is 28.0 Å². The van der Waals surface area contributed by atoms with E-state index in [1.807, 2.05) is 64.1 Å². The summed E-state index contributed by atoms with van der Waals surface area (Å²) in [5.74, 6) is -3.48. The van der Waals surface area contributed by atoms with Crippen LogP contribution in [0.4, 0.5) is 5.82 Å². The predicted octanol–water partition coefficient (Wildman–Crippen LogP) is 6.10. The molecule has 0 radical (unpaired) electrons. The molecule has 2 aliphatic heterocycles. The first-order valence-electron chi connectivity index (χ1n) is 15.8. The number of phenolic OH excluding ortho intramolecular Hbond substituents is 1. The van der Waals surface area contributed by atoms with Crippen LogP contribution in [-0.2, 0) is 26.2 Å². The number of benzene rings is 2. The smallest absolute Gasteiger partial charge is 0.242 e. The molecule has 4 aliphatic rings. The van der Waals surface area contributed by atoms with Gasteiger partial charge in [0.15, 0.2) is 0 Å². The maximum atomic E-state index is 14.9. The highest BCUT2D eigenvalue weighted by Crippen LogP contribution is 2.63. The Bertz CT molecular complexity index is 2120. The number of aryl methyl sites for hydroxylation is 4. The zero-order valence-corrected chi connectivity index (χ0v) is 28.1. The van der Waals surface area contributed by atoms with Gasteiger partial charge in [0.1, 0.15) is 17.3 Å². The molecule has 2 N–H and O–H groups in total. The molecule has 240 valence electrons. The molecule has 2 aliphatic carbocycles. The van der Waals surface area contributed by atoms with Crippen molar-refractivity contribution >= 4 is 62.5 Å². The first-order valence-corrected chi connectivity index (χ1v) is 17.0. The summed E-state index contributed by atoms with van der Waals surface area (Å²) in [6, 6.07) is 11.3. The summed E-state index contributed by atoms with van der Waals surface area (Å²) >= 11 is 7.86. The Morgan fingerprint density at radius 3 is 2.47 bits per heavy atom. The van der Waals surface area contributed by atoms with Crippen molar-refractivity contribution in [3.63, 3.8) is 0 Å². The Morgan fingerprint density at radius 2 is 1.74 bits per heavy atom. The molecule has 0 bridgehead atoms. The Hall–Kier alpha value is -4.28. The van der Waals surface area contributed by atoms with Crippen LogP contribution in [0.1, 0.15) is 47.9 Å². The van der Waals surface area contributed by atoms with Crippen molar-refractivity contribution < 1.29 is 24.3 Å². The summed E-state index contributed by atoms with van der Waals surface area (Å²) in [6.45, 7) is 7.50. The predicted molar refractivity (Wildman–Crippen MR) is 179 cm³/mol. The molecule has 2 aromatic carbocycles. The molecule has 4 aromatic rings. The second kappa shape index (κ2) is 10.1. The lowest BCUT2D eigenvalue weighted by atomic mass is 9.51. The number of hydrogen-bond acceptors (Lipinski definition) is 7. The molecule has 4 heterocycles. The van der Waals surface area contributed by atoms with Crippen LogP contribution in [0.2, 0.25) is 5.02 Å². The van der Waals surface area contributed by atoms with E-state index in [0.717, 1.165) is 31.7 Å². The molecule has 11 heteroatoms. The molecule has 47 heavy (non-hydrogen) atoms. The molecule has 3 fully saturated rings. The van der Waals surface area contributed by atoms with Crippen LogP contribution in [0.25, 0.3) is 20.7 Å². The van der Waals surface area contributed by atoms with Crippen molar-refractivity contribution in [2.75, 3.05) is 4.90 Å².